The van der Waals surface area contributed by atoms with Gasteiger partial charge in [-0.3, -0.25) is 9.69 Å². The average molecular weight is 215 g/mol. The van der Waals surface area contributed by atoms with Crippen molar-refractivity contribution in [2.75, 3.05) is 39.3 Å². The van der Waals surface area contributed by atoms with Crippen LogP contribution in [-0.4, -0.2) is 66.2 Å². The molecule has 1 fully saturated rings. The van der Waals surface area contributed by atoms with Gasteiger partial charge in [0.25, 0.3) is 0 Å². The smallest absolute Gasteiger partial charge is 0.239 e. The monoisotopic (exact) mass is 215 g/mol. The first-order chi connectivity index (χ1) is 7.19. The predicted octanol–water partition coefficient (Wildman–Crippen LogP) is -1.14. The van der Waals surface area contributed by atoms with Crippen molar-refractivity contribution in [2.45, 2.75) is 19.4 Å². The third-order valence-corrected chi connectivity index (χ3v) is 2.86. The minimum atomic E-state index is -0.352. The molecule has 1 amide bonds. The number of carbonyl (C=O) groups excluding carboxylic acids is 1. The largest absolute Gasteiger partial charge is 0.395 e. The molecule has 1 aliphatic heterocycles. The van der Waals surface area contributed by atoms with E-state index in [9.17, 15) is 4.79 Å². The van der Waals surface area contributed by atoms with Crippen molar-refractivity contribution in [1.82, 2.24) is 9.80 Å². The Kier molecular flexibility index (Phi) is 5.01. The Balaban J connectivity index is 2.33. The van der Waals surface area contributed by atoms with E-state index in [0.717, 1.165) is 26.2 Å². The number of nitrogens with two attached hydrogens (primary N) is 1. The van der Waals surface area contributed by atoms with Gasteiger partial charge in [-0.1, -0.05) is 6.92 Å². The number of nitrogens with zero attached hydrogens (tertiary/aromatic N) is 2. The highest BCUT2D eigenvalue weighted by atomic mass is 16.3. The van der Waals surface area contributed by atoms with Gasteiger partial charge >= 0.3 is 0 Å². The van der Waals surface area contributed by atoms with Crippen molar-refractivity contribution in [3.63, 3.8) is 0 Å². The van der Waals surface area contributed by atoms with Gasteiger partial charge < -0.3 is 15.7 Å². The van der Waals surface area contributed by atoms with Crippen LogP contribution in [0.3, 0.4) is 0 Å². The Morgan fingerprint density at radius 1 is 1.40 bits per heavy atom. The molecule has 0 aromatic carbocycles. The number of hydrogen-bond acceptors (Lipinski definition) is 4. The van der Waals surface area contributed by atoms with E-state index in [-0.39, 0.29) is 18.6 Å². The van der Waals surface area contributed by atoms with Crippen molar-refractivity contribution >= 4 is 5.91 Å². The minimum Gasteiger partial charge on any atom is -0.395 e. The second kappa shape index (κ2) is 6.05. The second-order valence-electron chi connectivity index (χ2n) is 3.91. The topological polar surface area (TPSA) is 69.8 Å². The van der Waals surface area contributed by atoms with Crippen molar-refractivity contribution < 1.29 is 9.90 Å². The maximum Gasteiger partial charge on any atom is 0.239 e. The van der Waals surface area contributed by atoms with Crippen LogP contribution >= 0.6 is 0 Å². The molecule has 0 saturated carbocycles. The number of aliphatic hydroxyl groups is 1. The van der Waals surface area contributed by atoms with Gasteiger partial charge in [0.05, 0.1) is 12.6 Å². The van der Waals surface area contributed by atoms with Crippen molar-refractivity contribution in [3.8, 4) is 0 Å². The summed E-state index contributed by atoms with van der Waals surface area (Å²) in [5, 5.41) is 8.78. The normalized spacial score (nSPS) is 20.3. The summed E-state index contributed by atoms with van der Waals surface area (Å²) in [6.45, 7) is 5.93. The highest BCUT2D eigenvalue weighted by molar-refractivity contribution is 5.81. The molecule has 1 heterocycles. The summed E-state index contributed by atoms with van der Waals surface area (Å²) in [5.74, 6) is 0.0566. The molecule has 0 spiro atoms. The van der Waals surface area contributed by atoms with E-state index >= 15 is 0 Å². The molecule has 1 saturated heterocycles. The van der Waals surface area contributed by atoms with Crippen LogP contribution in [0.2, 0.25) is 0 Å². The van der Waals surface area contributed by atoms with Crippen LogP contribution in [0.25, 0.3) is 0 Å². The minimum absolute atomic E-state index is 0.0566. The van der Waals surface area contributed by atoms with E-state index in [1.54, 1.807) is 0 Å². The van der Waals surface area contributed by atoms with Crippen molar-refractivity contribution in [3.05, 3.63) is 0 Å². The Bertz CT molecular complexity index is 203. The van der Waals surface area contributed by atoms with E-state index in [1.165, 1.54) is 0 Å². The number of piperazine rings is 1. The SMILES string of the molecule is CC[C@@H](N)C(=O)N1CCN(CCO)CC1. The Morgan fingerprint density at radius 2 is 2.00 bits per heavy atom. The molecule has 0 bridgehead atoms. The summed E-state index contributed by atoms with van der Waals surface area (Å²) in [4.78, 5) is 15.7. The lowest BCUT2D eigenvalue weighted by atomic mass is 10.2. The molecule has 0 aromatic heterocycles. The van der Waals surface area contributed by atoms with Crippen LogP contribution in [0.1, 0.15) is 13.3 Å². The number of carbonyl (C=O) groups is 1. The van der Waals surface area contributed by atoms with Crippen molar-refractivity contribution in [1.29, 1.82) is 0 Å². The number of hydrogen-bond donors (Lipinski definition) is 2. The summed E-state index contributed by atoms with van der Waals surface area (Å²) in [6, 6.07) is -0.352. The molecule has 0 unspecified atom stereocenters. The predicted molar refractivity (Wildman–Crippen MR) is 58.4 cm³/mol. The van der Waals surface area contributed by atoms with Gasteiger partial charge in [0.1, 0.15) is 0 Å². The van der Waals surface area contributed by atoms with Crippen LogP contribution in [0.5, 0.6) is 0 Å². The number of aliphatic hydroxyl groups excluding tert-OH is 1. The van der Waals surface area contributed by atoms with E-state index in [4.69, 9.17) is 10.8 Å². The van der Waals surface area contributed by atoms with Crippen LogP contribution in [0.15, 0.2) is 0 Å². The van der Waals surface area contributed by atoms with Crippen LogP contribution in [-0.2, 0) is 4.79 Å². The Labute approximate surface area is 90.8 Å². The fourth-order valence-corrected chi connectivity index (χ4v) is 1.74. The van der Waals surface area contributed by atoms with Gasteiger partial charge in [-0.15, -0.1) is 0 Å². The molecular formula is C10H21N3O2. The van der Waals surface area contributed by atoms with Crippen LogP contribution in [0.4, 0.5) is 0 Å². The zero-order chi connectivity index (χ0) is 11.3. The number of β-amino-alcohol motifs (C(OH)–C–C–N with tert-alkyl or cyclic N) is 1. The first-order valence-electron chi connectivity index (χ1n) is 5.56. The lowest BCUT2D eigenvalue weighted by Gasteiger charge is -2.35. The fourth-order valence-electron chi connectivity index (χ4n) is 1.74. The van der Waals surface area contributed by atoms with Gasteiger partial charge in [0.15, 0.2) is 0 Å². The van der Waals surface area contributed by atoms with Gasteiger partial charge in [-0.05, 0) is 6.42 Å². The lowest BCUT2D eigenvalue weighted by molar-refractivity contribution is -0.134. The molecule has 88 valence electrons. The molecule has 1 atom stereocenters. The zero-order valence-corrected chi connectivity index (χ0v) is 9.35. The lowest BCUT2D eigenvalue weighted by Crippen LogP contribution is -2.53. The first-order valence-corrected chi connectivity index (χ1v) is 5.56. The van der Waals surface area contributed by atoms with Gasteiger partial charge in [0, 0.05) is 32.7 Å². The van der Waals surface area contributed by atoms with Crippen molar-refractivity contribution in [2.24, 2.45) is 5.73 Å². The molecule has 1 rings (SSSR count). The van der Waals surface area contributed by atoms with E-state index in [0.29, 0.717) is 13.0 Å². The van der Waals surface area contributed by atoms with Crippen LogP contribution < -0.4 is 5.73 Å². The molecule has 0 aliphatic carbocycles. The third-order valence-electron chi connectivity index (χ3n) is 2.86. The molecule has 5 heteroatoms. The zero-order valence-electron chi connectivity index (χ0n) is 9.35. The average Bonchev–Trinajstić information content (AvgIpc) is 2.28. The van der Waals surface area contributed by atoms with E-state index < -0.39 is 0 Å². The highest BCUT2D eigenvalue weighted by Gasteiger charge is 2.23. The standard InChI is InChI=1S/C10H21N3O2/c1-2-9(11)10(15)13-5-3-12(4-6-13)7-8-14/h9,14H,2-8,11H2,1H3/t9-/m1/s1. The quantitative estimate of drug-likeness (QED) is 0.622. The summed E-state index contributed by atoms with van der Waals surface area (Å²) in [7, 11) is 0. The van der Waals surface area contributed by atoms with Gasteiger partial charge in [-0.25, -0.2) is 0 Å². The summed E-state index contributed by atoms with van der Waals surface area (Å²) in [6.07, 6.45) is 0.690. The van der Waals surface area contributed by atoms with Crippen LogP contribution in [0, 0.1) is 0 Å². The Hall–Kier alpha value is -0.650. The maximum absolute atomic E-state index is 11.7. The number of amides is 1. The molecular weight excluding hydrogens is 194 g/mol. The van der Waals surface area contributed by atoms with Gasteiger partial charge in [0.2, 0.25) is 5.91 Å². The fraction of sp³-hybridized carbons (Fsp3) is 0.900. The first kappa shape index (κ1) is 12.4. The molecule has 0 aromatic rings. The molecule has 3 N–H and O–H groups in total. The molecule has 5 nitrogen and oxygen atoms in total. The summed E-state index contributed by atoms with van der Waals surface area (Å²) >= 11 is 0. The Morgan fingerprint density at radius 3 is 2.47 bits per heavy atom. The summed E-state index contributed by atoms with van der Waals surface area (Å²) in [5.41, 5.74) is 5.70. The number of rotatable bonds is 4. The maximum atomic E-state index is 11.7. The highest BCUT2D eigenvalue weighted by Crippen LogP contribution is 2.04. The molecule has 15 heavy (non-hydrogen) atoms. The summed E-state index contributed by atoms with van der Waals surface area (Å²) < 4.78 is 0. The van der Waals surface area contributed by atoms with E-state index in [1.807, 2.05) is 11.8 Å². The third kappa shape index (κ3) is 3.44. The van der Waals surface area contributed by atoms with Gasteiger partial charge in [-0.2, -0.15) is 0 Å². The van der Waals surface area contributed by atoms with E-state index in [2.05, 4.69) is 4.90 Å². The second-order valence-corrected chi connectivity index (χ2v) is 3.91. The molecule has 0 radical (unpaired) electrons. The molecule has 1 aliphatic rings.